The number of halogens is 1. The second-order valence-corrected chi connectivity index (χ2v) is 6.38. The fourth-order valence-electron chi connectivity index (χ4n) is 2.19. The van der Waals surface area contributed by atoms with Crippen molar-refractivity contribution in [1.29, 1.82) is 0 Å². The van der Waals surface area contributed by atoms with Crippen molar-refractivity contribution < 1.29 is 4.39 Å². The standard InChI is InChI=1S/C17H28FN/c1-5-6-7-8-15(13-19-17(2,3)4)14-9-11-16(18)12-10-14/h9-12,15,19H,5-8,13H2,1-4H3. The molecule has 0 bridgehead atoms. The van der Waals surface area contributed by atoms with E-state index in [9.17, 15) is 4.39 Å². The van der Waals surface area contributed by atoms with Crippen LogP contribution in [0.5, 0.6) is 0 Å². The van der Waals surface area contributed by atoms with Crippen molar-refractivity contribution in [3.8, 4) is 0 Å². The first-order chi connectivity index (χ1) is 8.92. The van der Waals surface area contributed by atoms with E-state index in [0.717, 1.165) is 6.54 Å². The van der Waals surface area contributed by atoms with Gasteiger partial charge < -0.3 is 5.32 Å². The van der Waals surface area contributed by atoms with Crippen molar-refractivity contribution in [3.05, 3.63) is 35.6 Å². The first-order valence-corrected chi connectivity index (χ1v) is 7.43. The van der Waals surface area contributed by atoms with Gasteiger partial charge in [-0.3, -0.25) is 0 Å². The first-order valence-electron chi connectivity index (χ1n) is 7.43. The lowest BCUT2D eigenvalue weighted by molar-refractivity contribution is 0.394. The van der Waals surface area contributed by atoms with Gasteiger partial charge in [-0.25, -0.2) is 4.39 Å². The number of hydrogen-bond donors (Lipinski definition) is 1. The summed E-state index contributed by atoms with van der Waals surface area (Å²) in [5.41, 5.74) is 1.37. The van der Waals surface area contributed by atoms with Gasteiger partial charge in [-0.15, -0.1) is 0 Å². The van der Waals surface area contributed by atoms with Crippen LogP contribution in [-0.2, 0) is 0 Å². The highest BCUT2D eigenvalue weighted by Crippen LogP contribution is 2.23. The smallest absolute Gasteiger partial charge is 0.123 e. The summed E-state index contributed by atoms with van der Waals surface area (Å²) in [6.07, 6.45) is 4.92. The highest BCUT2D eigenvalue weighted by molar-refractivity contribution is 5.21. The quantitative estimate of drug-likeness (QED) is 0.693. The van der Waals surface area contributed by atoms with Gasteiger partial charge in [0.1, 0.15) is 5.82 Å². The van der Waals surface area contributed by atoms with Gasteiger partial charge in [0, 0.05) is 12.1 Å². The molecule has 0 fully saturated rings. The molecular formula is C17H28FN. The second kappa shape index (κ2) is 7.64. The third-order valence-electron chi connectivity index (χ3n) is 3.38. The number of hydrogen-bond acceptors (Lipinski definition) is 1. The van der Waals surface area contributed by atoms with E-state index in [4.69, 9.17) is 0 Å². The fraction of sp³-hybridized carbons (Fsp3) is 0.647. The summed E-state index contributed by atoms with van der Waals surface area (Å²) in [6, 6.07) is 6.99. The molecule has 0 heterocycles. The predicted molar refractivity (Wildman–Crippen MR) is 81.0 cm³/mol. The molecule has 1 atom stereocenters. The van der Waals surface area contributed by atoms with Gasteiger partial charge in [0.15, 0.2) is 0 Å². The third kappa shape index (κ3) is 6.72. The lowest BCUT2D eigenvalue weighted by Crippen LogP contribution is -2.38. The van der Waals surface area contributed by atoms with Crippen LogP contribution in [0, 0.1) is 5.82 Å². The molecule has 19 heavy (non-hydrogen) atoms. The highest BCUT2D eigenvalue weighted by atomic mass is 19.1. The Morgan fingerprint density at radius 3 is 2.26 bits per heavy atom. The van der Waals surface area contributed by atoms with Gasteiger partial charge in [0.2, 0.25) is 0 Å². The van der Waals surface area contributed by atoms with Gasteiger partial charge in [-0.05, 0) is 50.8 Å². The molecule has 2 heteroatoms. The molecule has 0 aliphatic heterocycles. The maximum Gasteiger partial charge on any atom is 0.123 e. The molecule has 1 aromatic rings. The minimum Gasteiger partial charge on any atom is -0.311 e. The van der Waals surface area contributed by atoms with Crippen LogP contribution in [0.15, 0.2) is 24.3 Å². The molecule has 1 aromatic carbocycles. The second-order valence-electron chi connectivity index (χ2n) is 6.38. The topological polar surface area (TPSA) is 12.0 Å². The number of unbranched alkanes of at least 4 members (excludes halogenated alkanes) is 2. The third-order valence-corrected chi connectivity index (χ3v) is 3.38. The minimum atomic E-state index is -0.153. The molecule has 0 radical (unpaired) electrons. The maximum absolute atomic E-state index is 13.0. The largest absolute Gasteiger partial charge is 0.311 e. The van der Waals surface area contributed by atoms with Crippen LogP contribution >= 0.6 is 0 Å². The van der Waals surface area contributed by atoms with Gasteiger partial charge in [-0.1, -0.05) is 38.3 Å². The molecule has 0 amide bonds. The zero-order chi connectivity index (χ0) is 14.3. The zero-order valence-electron chi connectivity index (χ0n) is 12.8. The van der Waals surface area contributed by atoms with E-state index in [1.807, 2.05) is 12.1 Å². The summed E-state index contributed by atoms with van der Waals surface area (Å²) in [5.74, 6) is 0.325. The molecule has 1 unspecified atom stereocenters. The van der Waals surface area contributed by atoms with Crippen molar-refractivity contribution in [2.45, 2.75) is 64.8 Å². The molecular weight excluding hydrogens is 237 g/mol. The Labute approximate surface area is 117 Å². The molecule has 0 saturated carbocycles. The van der Waals surface area contributed by atoms with E-state index in [1.54, 1.807) is 12.1 Å². The summed E-state index contributed by atoms with van der Waals surface area (Å²) in [6.45, 7) is 9.72. The Morgan fingerprint density at radius 2 is 1.74 bits per heavy atom. The number of benzene rings is 1. The summed E-state index contributed by atoms with van der Waals surface area (Å²) in [5, 5.41) is 3.57. The van der Waals surface area contributed by atoms with Gasteiger partial charge in [0.25, 0.3) is 0 Å². The summed E-state index contributed by atoms with van der Waals surface area (Å²) < 4.78 is 13.0. The van der Waals surface area contributed by atoms with Crippen molar-refractivity contribution in [1.82, 2.24) is 5.32 Å². The molecule has 1 nitrogen and oxygen atoms in total. The van der Waals surface area contributed by atoms with Crippen LogP contribution in [0.4, 0.5) is 4.39 Å². The van der Waals surface area contributed by atoms with Crippen LogP contribution < -0.4 is 5.32 Å². The van der Waals surface area contributed by atoms with Gasteiger partial charge >= 0.3 is 0 Å². The minimum absolute atomic E-state index is 0.128. The van der Waals surface area contributed by atoms with Crippen molar-refractivity contribution in [2.75, 3.05) is 6.54 Å². The predicted octanol–water partition coefficient (Wildman–Crippen LogP) is 4.88. The SMILES string of the molecule is CCCCCC(CNC(C)(C)C)c1ccc(F)cc1. The molecule has 1 N–H and O–H groups in total. The van der Waals surface area contributed by atoms with Crippen molar-refractivity contribution >= 4 is 0 Å². The van der Waals surface area contributed by atoms with E-state index in [2.05, 4.69) is 33.0 Å². The fourth-order valence-corrected chi connectivity index (χ4v) is 2.19. The van der Waals surface area contributed by atoms with E-state index in [0.29, 0.717) is 5.92 Å². The molecule has 108 valence electrons. The Balaban J connectivity index is 2.65. The first kappa shape index (κ1) is 16.2. The monoisotopic (exact) mass is 265 g/mol. The summed E-state index contributed by atoms with van der Waals surface area (Å²) in [4.78, 5) is 0. The normalized spacial score (nSPS) is 13.5. The molecule has 0 aliphatic carbocycles. The van der Waals surface area contributed by atoms with E-state index < -0.39 is 0 Å². The number of nitrogens with one attached hydrogen (secondary N) is 1. The van der Waals surface area contributed by atoms with Crippen LogP contribution in [-0.4, -0.2) is 12.1 Å². The van der Waals surface area contributed by atoms with Crippen LogP contribution in [0.25, 0.3) is 0 Å². The average molecular weight is 265 g/mol. The Bertz CT molecular complexity index is 351. The summed E-state index contributed by atoms with van der Waals surface area (Å²) in [7, 11) is 0. The van der Waals surface area contributed by atoms with Gasteiger partial charge in [-0.2, -0.15) is 0 Å². The Kier molecular flexibility index (Phi) is 6.50. The lowest BCUT2D eigenvalue weighted by atomic mass is 9.92. The maximum atomic E-state index is 13.0. The molecule has 0 aromatic heterocycles. The van der Waals surface area contributed by atoms with Crippen molar-refractivity contribution in [3.63, 3.8) is 0 Å². The number of rotatable bonds is 7. The Morgan fingerprint density at radius 1 is 1.11 bits per heavy atom. The Hall–Kier alpha value is -0.890. The van der Waals surface area contributed by atoms with E-state index in [-0.39, 0.29) is 11.4 Å². The van der Waals surface area contributed by atoms with Crippen LogP contribution in [0.1, 0.15) is 64.9 Å². The molecule has 0 saturated heterocycles. The summed E-state index contributed by atoms with van der Waals surface area (Å²) >= 11 is 0. The van der Waals surface area contributed by atoms with Gasteiger partial charge in [0.05, 0.1) is 0 Å². The van der Waals surface area contributed by atoms with E-state index in [1.165, 1.54) is 31.2 Å². The molecule has 0 aliphatic rings. The lowest BCUT2D eigenvalue weighted by Gasteiger charge is -2.25. The molecule has 1 rings (SSSR count). The van der Waals surface area contributed by atoms with E-state index >= 15 is 0 Å². The van der Waals surface area contributed by atoms with Crippen LogP contribution in [0.3, 0.4) is 0 Å². The highest BCUT2D eigenvalue weighted by Gasteiger charge is 2.15. The molecule has 0 spiro atoms. The zero-order valence-corrected chi connectivity index (χ0v) is 12.8. The van der Waals surface area contributed by atoms with Crippen LogP contribution in [0.2, 0.25) is 0 Å². The van der Waals surface area contributed by atoms with Crippen molar-refractivity contribution in [2.24, 2.45) is 0 Å². The average Bonchev–Trinajstić information content (AvgIpc) is 2.34.